The summed E-state index contributed by atoms with van der Waals surface area (Å²) in [5.74, 6) is 0.0355. The second kappa shape index (κ2) is 6.15. The van der Waals surface area contributed by atoms with Gasteiger partial charge in [0.1, 0.15) is 0 Å². The molecule has 2 aromatic rings. The summed E-state index contributed by atoms with van der Waals surface area (Å²) in [6, 6.07) is 11.8. The Morgan fingerprint density at radius 1 is 1.42 bits per heavy atom. The molecule has 0 radical (unpaired) electrons. The van der Waals surface area contributed by atoms with Crippen molar-refractivity contribution >= 4 is 5.91 Å². The van der Waals surface area contributed by atoms with E-state index in [1.54, 1.807) is 6.07 Å². The number of amides is 1. The van der Waals surface area contributed by atoms with Crippen LogP contribution in [-0.2, 0) is 6.42 Å². The van der Waals surface area contributed by atoms with E-state index in [2.05, 4.69) is 22.6 Å². The van der Waals surface area contributed by atoms with Crippen molar-refractivity contribution in [3.8, 4) is 0 Å². The first kappa shape index (κ1) is 13.3. The molecule has 0 saturated heterocycles. The van der Waals surface area contributed by atoms with Crippen LogP contribution in [0, 0.1) is 0 Å². The summed E-state index contributed by atoms with van der Waals surface area (Å²) in [5.41, 5.74) is 6.56. The van der Waals surface area contributed by atoms with Crippen molar-refractivity contribution in [2.24, 2.45) is 5.73 Å². The second-order valence-electron chi connectivity index (χ2n) is 4.39. The van der Waals surface area contributed by atoms with Crippen molar-refractivity contribution < 1.29 is 9.32 Å². The standard InChI is InChI=1S/C14H17N3O2/c1-10(13-9-12(14(15)18)17-19-13)16-8-7-11-5-3-2-4-6-11/h2-6,9-10,16H,7-8H2,1H3,(H2,15,18). The quantitative estimate of drug-likeness (QED) is 0.826. The number of carbonyl (C=O) groups excluding carboxylic acids is 1. The van der Waals surface area contributed by atoms with Crippen LogP contribution in [0.25, 0.3) is 0 Å². The van der Waals surface area contributed by atoms with Gasteiger partial charge in [-0.05, 0) is 25.5 Å². The van der Waals surface area contributed by atoms with E-state index in [-0.39, 0.29) is 11.7 Å². The number of hydrogen-bond acceptors (Lipinski definition) is 4. The molecule has 3 N–H and O–H groups in total. The van der Waals surface area contributed by atoms with Gasteiger partial charge in [0.25, 0.3) is 5.91 Å². The Labute approximate surface area is 111 Å². The Hall–Kier alpha value is -2.14. The zero-order chi connectivity index (χ0) is 13.7. The van der Waals surface area contributed by atoms with E-state index in [1.165, 1.54) is 5.56 Å². The van der Waals surface area contributed by atoms with E-state index < -0.39 is 5.91 Å². The summed E-state index contributed by atoms with van der Waals surface area (Å²) in [5, 5.41) is 6.93. The first-order chi connectivity index (χ1) is 9.16. The first-order valence-corrected chi connectivity index (χ1v) is 6.20. The molecule has 1 atom stereocenters. The molecule has 2 rings (SSSR count). The molecule has 1 aromatic heterocycles. The predicted molar refractivity (Wildman–Crippen MR) is 71.6 cm³/mol. The van der Waals surface area contributed by atoms with Gasteiger partial charge in [-0.2, -0.15) is 0 Å². The lowest BCUT2D eigenvalue weighted by atomic mass is 10.1. The molecule has 5 nitrogen and oxygen atoms in total. The molecule has 0 saturated carbocycles. The molecule has 0 aliphatic rings. The maximum absolute atomic E-state index is 10.9. The number of nitrogens with two attached hydrogens (primary N) is 1. The Morgan fingerprint density at radius 3 is 2.79 bits per heavy atom. The fourth-order valence-corrected chi connectivity index (χ4v) is 1.79. The van der Waals surface area contributed by atoms with Crippen LogP contribution >= 0.6 is 0 Å². The highest BCUT2D eigenvalue weighted by Crippen LogP contribution is 2.13. The highest BCUT2D eigenvalue weighted by atomic mass is 16.5. The molecule has 0 aliphatic carbocycles. The molecule has 19 heavy (non-hydrogen) atoms. The van der Waals surface area contributed by atoms with E-state index in [4.69, 9.17) is 10.3 Å². The number of benzene rings is 1. The topological polar surface area (TPSA) is 81.1 Å². The monoisotopic (exact) mass is 259 g/mol. The van der Waals surface area contributed by atoms with Crippen LogP contribution in [0.15, 0.2) is 40.9 Å². The fraction of sp³-hybridized carbons (Fsp3) is 0.286. The van der Waals surface area contributed by atoms with Gasteiger partial charge in [0.2, 0.25) is 0 Å². The highest BCUT2D eigenvalue weighted by molar-refractivity contribution is 5.90. The van der Waals surface area contributed by atoms with Crippen LogP contribution in [0.1, 0.15) is 34.8 Å². The molecule has 0 bridgehead atoms. The van der Waals surface area contributed by atoms with Crippen LogP contribution in [0.5, 0.6) is 0 Å². The van der Waals surface area contributed by atoms with Gasteiger partial charge >= 0.3 is 0 Å². The molecule has 5 heteroatoms. The number of nitrogens with one attached hydrogen (secondary N) is 1. The van der Waals surface area contributed by atoms with Crippen molar-refractivity contribution in [3.63, 3.8) is 0 Å². The summed E-state index contributed by atoms with van der Waals surface area (Å²) >= 11 is 0. The van der Waals surface area contributed by atoms with Crippen LogP contribution in [0.2, 0.25) is 0 Å². The van der Waals surface area contributed by atoms with Crippen molar-refractivity contribution in [2.75, 3.05) is 6.54 Å². The molecule has 1 amide bonds. The van der Waals surface area contributed by atoms with Gasteiger partial charge < -0.3 is 15.6 Å². The third kappa shape index (κ3) is 3.66. The number of aromatic nitrogens is 1. The van der Waals surface area contributed by atoms with Gasteiger partial charge in [-0.1, -0.05) is 35.5 Å². The Balaban J connectivity index is 1.83. The molecule has 1 heterocycles. The Kier molecular flexibility index (Phi) is 4.30. The first-order valence-electron chi connectivity index (χ1n) is 6.20. The molecule has 0 spiro atoms. The van der Waals surface area contributed by atoms with Gasteiger partial charge in [-0.15, -0.1) is 0 Å². The minimum absolute atomic E-state index is 0.00990. The minimum atomic E-state index is -0.577. The molecule has 1 aromatic carbocycles. The smallest absolute Gasteiger partial charge is 0.270 e. The van der Waals surface area contributed by atoms with Crippen molar-refractivity contribution in [3.05, 3.63) is 53.4 Å². The van der Waals surface area contributed by atoms with Crippen LogP contribution in [-0.4, -0.2) is 17.6 Å². The number of nitrogens with zero attached hydrogens (tertiary/aromatic N) is 1. The number of rotatable bonds is 6. The number of hydrogen-bond donors (Lipinski definition) is 2. The number of primary amides is 1. The maximum atomic E-state index is 10.9. The molecule has 100 valence electrons. The summed E-state index contributed by atoms with van der Waals surface area (Å²) in [6.45, 7) is 2.77. The lowest BCUT2D eigenvalue weighted by Gasteiger charge is -2.10. The molecular weight excluding hydrogens is 242 g/mol. The van der Waals surface area contributed by atoms with Crippen LogP contribution in [0.4, 0.5) is 0 Å². The SMILES string of the molecule is CC(NCCc1ccccc1)c1cc(C(N)=O)no1. The fourth-order valence-electron chi connectivity index (χ4n) is 1.79. The normalized spacial score (nSPS) is 12.3. The summed E-state index contributed by atoms with van der Waals surface area (Å²) in [7, 11) is 0. The van der Waals surface area contributed by atoms with Crippen molar-refractivity contribution in [1.29, 1.82) is 0 Å². The Bertz CT molecular complexity index is 537. The molecule has 0 fully saturated rings. The van der Waals surface area contributed by atoms with E-state index >= 15 is 0 Å². The lowest BCUT2D eigenvalue weighted by molar-refractivity contribution is 0.0991. The van der Waals surface area contributed by atoms with Gasteiger partial charge in [0.05, 0.1) is 6.04 Å². The zero-order valence-electron chi connectivity index (χ0n) is 10.8. The Morgan fingerprint density at radius 2 is 2.16 bits per heavy atom. The van der Waals surface area contributed by atoms with Gasteiger partial charge in [-0.25, -0.2) is 0 Å². The van der Waals surface area contributed by atoms with E-state index in [0.717, 1.165) is 13.0 Å². The molecular formula is C14H17N3O2. The minimum Gasteiger partial charge on any atom is -0.364 e. The van der Waals surface area contributed by atoms with E-state index in [9.17, 15) is 4.79 Å². The molecule has 0 aliphatic heterocycles. The van der Waals surface area contributed by atoms with E-state index in [0.29, 0.717) is 5.76 Å². The number of carbonyl (C=O) groups is 1. The largest absolute Gasteiger partial charge is 0.364 e. The van der Waals surface area contributed by atoms with Crippen molar-refractivity contribution in [1.82, 2.24) is 10.5 Å². The second-order valence-corrected chi connectivity index (χ2v) is 4.39. The summed E-state index contributed by atoms with van der Waals surface area (Å²) in [4.78, 5) is 10.9. The third-order valence-electron chi connectivity index (χ3n) is 2.91. The van der Waals surface area contributed by atoms with Crippen LogP contribution < -0.4 is 11.1 Å². The molecule has 1 unspecified atom stereocenters. The average molecular weight is 259 g/mol. The van der Waals surface area contributed by atoms with E-state index in [1.807, 2.05) is 25.1 Å². The van der Waals surface area contributed by atoms with Crippen molar-refractivity contribution in [2.45, 2.75) is 19.4 Å². The lowest BCUT2D eigenvalue weighted by Crippen LogP contribution is -2.21. The zero-order valence-corrected chi connectivity index (χ0v) is 10.8. The van der Waals surface area contributed by atoms with Gasteiger partial charge in [0, 0.05) is 6.07 Å². The van der Waals surface area contributed by atoms with Crippen LogP contribution in [0.3, 0.4) is 0 Å². The summed E-state index contributed by atoms with van der Waals surface area (Å²) < 4.78 is 5.08. The highest BCUT2D eigenvalue weighted by Gasteiger charge is 2.14. The van der Waals surface area contributed by atoms with Gasteiger partial charge in [-0.3, -0.25) is 4.79 Å². The summed E-state index contributed by atoms with van der Waals surface area (Å²) in [6.07, 6.45) is 0.933. The maximum Gasteiger partial charge on any atom is 0.270 e. The third-order valence-corrected chi connectivity index (χ3v) is 2.91. The predicted octanol–water partition coefficient (Wildman–Crippen LogP) is 1.67. The van der Waals surface area contributed by atoms with Gasteiger partial charge in [0.15, 0.2) is 11.5 Å². The average Bonchev–Trinajstić information content (AvgIpc) is 2.89.